The maximum absolute atomic E-state index is 6.21. The molecule has 0 bridgehead atoms. The van der Waals surface area contributed by atoms with Crippen molar-refractivity contribution in [1.29, 1.82) is 0 Å². The number of hydrogen-bond acceptors (Lipinski definition) is 4. The van der Waals surface area contributed by atoms with Crippen molar-refractivity contribution in [3.8, 4) is 0 Å². The van der Waals surface area contributed by atoms with Gasteiger partial charge in [0.05, 0.1) is 6.61 Å². The molecule has 1 aliphatic heterocycles. The van der Waals surface area contributed by atoms with E-state index in [4.69, 9.17) is 16.3 Å². The molecular formula is C16H26ClN3O. The molecule has 0 amide bonds. The fourth-order valence-electron chi connectivity index (χ4n) is 2.65. The van der Waals surface area contributed by atoms with E-state index < -0.39 is 0 Å². The van der Waals surface area contributed by atoms with Crippen molar-refractivity contribution >= 4 is 17.3 Å². The number of piperazine rings is 1. The fraction of sp³-hybridized carbons (Fsp3) is 0.625. The van der Waals surface area contributed by atoms with Gasteiger partial charge in [0.2, 0.25) is 0 Å². The molecule has 0 aromatic heterocycles. The highest BCUT2D eigenvalue weighted by Crippen LogP contribution is 2.27. The van der Waals surface area contributed by atoms with Crippen LogP contribution in [0.1, 0.15) is 12.5 Å². The standard InChI is InChI=1S/C16H26ClN3O/c1-13-12-20(8-7-19(13)2)16-10-15(17)5-4-14(16)11-18-6-9-21-3/h4-5,10,13,18H,6-9,11-12H2,1-3H3. The summed E-state index contributed by atoms with van der Waals surface area (Å²) in [7, 11) is 3.91. The van der Waals surface area contributed by atoms with Crippen molar-refractivity contribution in [3.63, 3.8) is 0 Å². The van der Waals surface area contributed by atoms with Crippen molar-refractivity contribution in [2.45, 2.75) is 19.5 Å². The van der Waals surface area contributed by atoms with E-state index in [1.54, 1.807) is 7.11 Å². The summed E-state index contributed by atoms with van der Waals surface area (Å²) in [6.07, 6.45) is 0. The van der Waals surface area contributed by atoms with E-state index in [0.717, 1.165) is 44.4 Å². The van der Waals surface area contributed by atoms with E-state index in [1.807, 2.05) is 6.07 Å². The van der Waals surface area contributed by atoms with Gasteiger partial charge in [-0.3, -0.25) is 0 Å². The molecule has 1 aromatic rings. The fourth-order valence-corrected chi connectivity index (χ4v) is 2.81. The van der Waals surface area contributed by atoms with Gasteiger partial charge >= 0.3 is 0 Å². The number of rotatable bonds is 6. The van der Waals surface area contributed by atoms with Gasteiger partial charge in [-0.25, -0.2) is 0 Å². The van der Waals surface area contributed by atoms with Crippen LogP contribution in [0.25, 0.3) is 0 Å². The third kappa shape index (κ3) is 4.58. The molecule has 1 unspecified atom stereocenters. The zero-order chi connectivity index (χ0) is 15.2. The second kappa shape index (κ2) is 7.99. The van der Waals surface area contributed by atoms with Gasteiger partial charge in [-0.15, -0.1) is 0 Å². The molecule has 1 aromatic carbocycles. The molecule has 0 saturated carbocycles. The molecule has 1 fully saturated rings. The van der Waals surface area contributed by atoms with Crippen molar-refractivity contribution in [1.82, 2.24) is 10.2 Å². The molecule has 21 heavy (non-hydrogen) atoms. The molecule has 0 aliphatic carbocycles. The summed E-state index contributed by atoms with van der Waals surface area (Å²) in [5.41, 5.74) is 2.56. The minimum absolute atomic E-state index is 0.562. The summed E-state index contributed by atoms with van der Waals surface area (Å²) in [6.45, 7) is 7.88. The summed E-state index contributed by atoms with van der Waals surface area (Å²) < 4.78 is 5.07. The molecule has 1 saturated heterocycles. The van der Waals surface area contributed by atoms with E-state index in [-0.39, 0.29) is 0 Å². The molecule has 118 valence electrons. The van der Waals surface area contributed by atoms with Crippen molar-refractivity contribution in [2.75, 3.05) is 51.8 Å². The number of hydrogen-bond donors (Lipinski definition) is 1. The van der Waals surface area contributed by atoms with Gasteiger partial charge in [0, 0.05) is 56.6 Å². The molecule has 1 atom stereocenters. The van der Waals surface area contributed by atoms with Gasteiger partial charge in [0.25, 0.3) is 0 Å². The van der Waals surface area contributed by atoms with Crippen LogP contribution in [0.2, 0.25) is 5.02 Å². The molecule has 1 aliphatic rings. The van der Waals surface area contributed by atoms with Crippen LogP contribution in [0.5, 0.6) is 0 Å². The maximum atomic E-state index is 6.21. The summed E-state index contributed by atoms with van der Waals surface area (Å²) >= 11 is 6.21. The lowest BCUT2D eigenvalue weighted by molar-refractivity contribution is 0.199. The van der Waals surface area contributed by atoms with Crippen molar-refractivity contribution in [2.24, 2.45) is 0 Å². The third-order valence-corrected chi connectivity index (χ3v) is 4.38. The highest BCUT2D eigenvalue weighted by atomic mass is 35.5. The zero-order valence-corrected chi connectivity index (χ0v) is 14.0. The predicted molar refractivity (Wildman–Crippen MR) is 89.3 cm³/mol. The van der Waals surface area contributed by atoms with Crippen LogP contribution >= 0.6 is 11.6 Å². The Morgan fingerprint density at radius 3 is 2.90 bits per heavy atom. The number of benzene rings is 1. The highest BCUT2D eigenvalue weighted by Gasteiger charge is 2.22. The Morgan fingerprint density at radius 1 is 1.38 bits per heavy atom. The highest BCUT2D eigenvalue weighted by molar-refractivity contribution is 6.30. The van der Waals surface area contributed by atoms with Gasteiger partial charge in [0.15, 0.2) is 0 Å². The van der Waals surface area contributed by atoms with Gasteiger partial charge < -0.3 is 19.9 Å². The Bertz CT molecular complexity index is 455. The first kappa shape index (κ1) is 16.6. The molecule has 0 radical (unpaired) electrons. The number of nitrogens with zero attached hydrogens (tertiary/aromatic N) is 2. The van der Waals surface area contributed by atoms with Gasteiger partial charge in [-0.2, -0.15) is 0 Å². The molecule has 2 rings (SSSR count). The number of halogens is 1. The Labute approximate surface area is 133 Å². The van der Waals surface area contributed by atoms with E-state index in [9.17, 15) is 0 Å². The lowest BCUT2D eigenvalue weighted by atomic mass is 10.1. The average molecular weight is 312 g/mol. The number of nitrogens with one attached hydrogen (secondary N) is 1. The lowest BCUT2D eigenvalue weighted by Gasteiger charge is -2.39. The molecule has 1 heterocycles. The zero-order valence-electron chi connectivity index (χ0n) is 13.2. The van der Waals surface area contributed by atoms with Crippen LogP contribution in [0.15, 0.2) is 18.2 Å². The minimum Gasteiger partial charge on any atom is -0.383 e. The molecule has 5 heteroatoms. The number of likely N-dealkylation sites (N-methyl/N-ethyl adjacent to an activating group) is 1. The van der Waals surface area contributed by atoms with Crippen LogP contribution < -0.4 is 10.2 Å². The largest absolute Gasteiger partial charge is 0.383 e. The van der Waals surface area contributed by atoms with Gasteiger partial charge in [-0.05, 0) is 31.7 Å². The Balaban J connectivity index is 2.07. The van der Waals surface area contributed by atoms with E-state index in [0.29, 0.717) is 6.04 Å². The first-order valence-corrected chi connectivity index (χ1v) is 7.93. The van der Waals surface area contributed by atoms with E-state index in [1.165, 1.54) is 11.3 Å². The first-order chi connectivity index (χ1) is 10.1. The second-order valence-electron chi connectivity index (χ2n) is 5.72. The topological polar surface area (TPSA) is 27.7 Å². The quantitative estimate of drug-likeness (QED) is 0.815. The number of anilines is 1. The van der Waals surface area contributed by atoms with Crippen LogP contribution in [0.3, 0.4) is 0 Å². The Hall–Kier alpha value is -0.810. The Morgan fingerprint density at radius 2 is 2.19 bits per heavy atom. The average Bonchev–Trinajstić information content (AvgIpc) is 2.48. The van der Waals surface area contributed by atoms with Gasteiger partial charge in [-0.1, -0.05) is 17.7 Å². The monoisotopic (exact) mass is 311 g/mol. The number of ether oxygens (including phenoxy) is 1. The summed E-state index contributed by atoms with van der Waals surface area (Å²) in [4.78, 5) is 4.85. The second-order valence-corrected chi connectivity index (χ2v) is 6.15. The van der Waals surface area contributed by atoms with Crippen LogP contribution in [-0.4, -0.2) is 57.9 Å². The first-order valence-electron chi connectivity index (χ1n) is 7.55. The molecule has 0 spiro atoms. The van der Waals surface area contributed by atoms with Gasteiger partial charge in [0.1, 0.15) is 0 Å². The van der Waals surface area contributed by atoms with E-state index >= 15 is 0 Å². The minimum atomic E-state index is 0.562. The van der Waals surface area contributed by atoms with Crippen LogP contribution in [0, 0.1) is 0 Å². The molecule has 1 N–H and O–H groups in total. The number of methoxy groups -OCH3 is 1. The van der Waals surface area contributed by atoms with E-state index in [2.05, 4.69) is 41.2 Å². The summed E-state index contributed by atoms with van der Waals surface area (Å²) in [5.74, 6) is 0. The molecular weight excluding hydrogens is 286 g/mol. The van der Waals surface area contributed by atoms with Crippen molar-refractivity contribution < 1.29 is 4.74 Å². The molecule has 4 nitrogen and oxygen atoms in total. The smallest absolute Gasteiger partial charge is 0.0587 e. The maximum Gasteiger partial charge on any atom is 0.0587 e. The summed E-state index contributed by atoms with van der Waals surface area (Å²) in [5, 5.41) is 4.22. The Kier molecular flexibility index (Phi) is 6.30. The summed E-state index contributed by atoms with van der Waals surface area (Å²) in [6, 6.07) is 6.75. The normalized spacial score (nSPS) is 20.0. The SMILES string of the molecule is COCCNCc1ccc(Cl)cc1N1CCN(C)C(C)C1. The third-order valence-electron chi connectivity index (χ3n) is 4.15. The van der Waals surface area contributed by atoms with Crippen LogP contribution in [0.4, 0.5) is 5.69 Å². The lowest BCUT2D eigenvalue weighted by Crippen LogP contribution is -2.50. The predicted octanol–water partition coefficient (Wildman–Crippen LogP) is 2.22. The van der Waals surface area contributed by atoms with Crippen molar-refractivity contribution in [3.05, 3.63) is 28.8 Å². The van der Waals surface area contributed by atoms with Crippen LogP contribution in [-0.2, 0) is 11.3 Å².